The minimum Gasteiger partial charge on any atom is -0.438 e. The number of rotatable bonds is 6. The van der Waals surface area contributed by atoms with Gasteiger partial charge in [-0.3, -0.25) is 9.52 Å². The number of benzene rings is 3. The lowest BCUT2D eigenvalue weighted by Crippen LogP contribution is -2.27. The Hall–Kier alpha value is -3.47. The van der Waals surface area contributed by atoms with Crippen LogP contribution in [-0.2, 0) is 21.5 Å². The fourth-order valence-corrected chi connectivity index (χ4v) is 4.78. The van der Waals surface area contributed by atoms with Crippen LogP contribution >= 0.6 is 23.2 Å². The monoisotopic (exact) mass is 504 g/mol. The van der Waals surface area contributed by atoms with E-state index in [1.807, 2.05) is 0 Å². The Morgan fingerprint density at radius 1 is 1.03 bits per heavy atom. The summed E-state index contributed by atoms with van der Waals surface area (Å²) in [5, 5.41) is 8.11. The average Bonchev–Trinajstić information content (AvgIpc) is 2.80. The number of nitrogens with zero attached hydrogens (tertiary/aromatic N) is 3. The number of esters is 1. The van der Waals surface area contributed by atoms with Gasteiger partial charge in [-0.2, -0.15) is 4.68 Å². The summed E-state index contributed by atoms with van der Waals surface area (Å²) in [6.07, 6.45) is 0. The second-order valence-corrected chi connectivity index (χ2v) is 9.19. The number of hydrogen-bond donors (Lipinski definition) is 1. The molecule has 0 unspecified atom stereocenters. The molecule has 0 aliphatic carbocycles. The largest absolute Gasteiger partial charge is 0.438 e. The van der Waals surface area contributed by atoms with Crippen LogP contribution in [0.25, 0.3) is 10.9 Å². The summed E-state index contributed by atoms with van der Waals surface area (Å²) in [4.78, 5) is 24.9. The van der Waals surface area contributed by atoms with Gasteiger partial charge in [0, 0.05) is 5.02 Å². The normalized spacial score (nSPS) is 11.3. The second-order valence-electron chi connectivity index (χ2n) is 6.70. The number of halogens is 2. The summed E-state index contributed by atoms with van der Waals surface area (Å²) in [6.45, 7) is -0.517. The van der Waals surface area contributed by atoms with Crippen molar-refractivity contribution in [1.82, 2.24) is 15.0 Å². The van der Waals surface area contributed by atoms with E-state index >= 15 is 0 Å². The van der Waals surface area contributed by atoms with Crippen LogP contribution in [0.3, 0.4) is 0 Å². The third kappa shape index (κ3) is 4.82. The number of ether oxygens (including phenoxy) is 1. The van der Waals surface area contributed by atoms with Crippen LogP contribution in [0, 0.1) is 0 Å². The van der Waals surface area contributed by atoms with Crippen LogP contribution in [-0.4, -0.2) is 29.4 Å². The first-order valence-corrected chi connectivity index (χ1v) is 11.6. The lowest BCUT2D eigenvalue weighted by atomic mass is 10.2. The second kappa shape index (κ2) is 9.18. The number of para-hydroxylation sites is 1. The van der Waals surface area contributed by atoms with Gasteiger partial charge in [-0.1, -0.05) is 52.7 Å². The van der Waals surface area contributed by atoms with Gasteiger partial charge >= 0.3 is 5.97 Å². The maximum absolute atomic E-state index is 12.8. The van der Waals surface area contributed by atoms with Gasteiger partial charge in [0.1, 0.15) is 10.4 Å². The molecule has 4 rings (SSSR count). The van der Waals surface area contributed by atoms with Gasteiger partial charge in [-0.25, -0.2) is 13.2 Å². The van der Waals surface area contributed by atoms with Crippen molar-refractivity contribution in [3.05, 3.63) is 92.7 Å². The lowest BCUT2D eigenvalue weighted by Gasteiger charge is -2.13. The van der Waals surface area contributed by atoms with Crippen LogP contribution in [0.15, 0.2) is 76.4 Å². The van der Waals surface area contributed by atoms with Crippen molar-refractivity contribution in [2.45, 2.75) is 11.6 Å². The fourth-order valence-electron chi connectivity index (χ4n) is 2.94. The average molecular weight is 505 g/mol. The first-order valence-electron chi connectivity index (χ1n) is 9.33. The highest BCUT2D eigenvalue weighted by molar-refractivity contribution is 7.92. The van der Waals surface area contributed by atoms with Gasteiger partial charge in [0.2, 0.25) is 0 Å². The number of nitrogens with one attached hydrogen (secondary N) is 1. The number of anilines is 1. The van der Waals surface area contributed by atoms with E-state index in [0.29, 0.717) is 10.9 Å². The first-order chi connectivity index (χ1) is 15.8. The molecule has 168 valence electrons. The Labute approximate surface area is 197 Å². The molecule has 0 bridgehead atoms. The van der Waals surface area contributed by atoms with E-state index in [2.05, 4.69) is 15.0 Å². The molecular weight excluding hydrogens is 491 g/mol. The number of fused-ring (bicyclic) bond motifs is 1. The predicted molar refractivity (Wildman–Crippen MR) is 123 cm³/mol. The van der Waals surface area contributed by atoms with E-state index in [1.54, 1.807) is 24.3 Å². The first kappa shape index (κ1) is 22.7. The van der Waals surface area contributed by atoms with E-state index < -0.39 is 28.3 Å². The third-order valence-electron chi connectivity index (χ3n) is 4.52. The van der Waals surface area contributed by atoms with Crippen molar-refractivity contribution >= 4 is 55.8 Å². The molecule has 12 heteroatoms. The molecule has 0 aliphatic heterocycles. The van der Waals surface area contributed by atoms with Crippen LogP contribution < -0.4 is 10.3 Å². The Balaban J connectivity index is 1.57. The molecule has 9 nitrogen and oxygen atoms in total. The highest BCUT2D eigenvalue weighted by atomic mass is 35.5. The summed E-state index contributed by atoms with van der Waals surface area (Å²) in [6, 6.07) is 16.4. The van der Waals surface area contributed by atoms with Gasteiger partial charge in [0.25, 0.3) is 15.6 Å². The Morgan fingerprint density at radius 2 is 1.76 bits per heavy atom. The van der Waals surface area contributed by atoms with Crippen molar-refractivity contribution in [3.63, 3.8) is 0 Å². The van der Waals surface area contributed by atoms with Crippen molar-refractivity contribution in [1.29, 1.82) is 0 Å². The smallest absolute Gasteiger partial charge is 0.342 e. The molecular formula is C21H14Cl2N4O5S. The number of sulfonamides is 1. The Kier molecular flexibility index (Phi) is 6.32. The van der Waals surface area contributed by atoms with Crippen LogP contribution in [0.2, 0.25) is 10.0 Å². The van der Waals surface area contributed by atoms with Gasteiger partial charge < -0.3 is 4.74 Å². The summed E-state index contributed by atoms with van der Waals surface area (Å²) in [5.41, 5.74) is -0.209. The molecule has 0 fully saturated rings. The quantitative estimate of drug-likeness (QED) is 0.397. The summed E-state index contributed by atoms with van der Waals surface area (Å²) >= 11 is 11.9. The molecule has 0 atom stereocenters. The van der Waals surface area contributed by atoms with Crippen molar-refractivity contribution < 1.29 is 17.9 Å². The van der Waals surface area contributed by atoms with Crippen LogP contribution in [0.1, 0.15) is 10.4 Å². The molecule has 0 radical (unpaired) electrons. The minimum atomic E-state index is -4.17. The van der Waals surface area contributed by atoms with Crippen LogP contribution in [0.5, 0.6) is 0 Å². The molecule has 1 heterocycles. The van der Waals surface area contributed by atoms with Gasteiger partial charge in [0.15, 0.2) is 6.73 Å². The summed E-state index contributed by atoms with van der Waals surface area (Å²) in [7, 11) is -4.17. The molecule has 0 amide bonds. The molecule has 3 aromatic carbocycles. The topological polar surface area (TPSA) is 120 Å². The third-order valence-corrected chi connectivity index (χ3v) is 6.60. The van der Waals surface area contributed by atoms with E-state index in [4.69, 9.17) is 27.9 Å². The maximum Gasteiger partial charge on any atom is 0.342 e. The Bertz CT molecular complexity index is 1540. The SMILES string of the molecule is O=C(OCn1nnc2ccccc2c1=O)c1ccccc1NS(=O)(=O)c1cc(Cl)ccc1Cl. The minimum absolute atomic E-state index is 0.0405. The number of hydrogen-bond acceptors (Lipinski definition) is 7. The highest BCUT2D eigenvalue weighted by Crippen LogP contribution is 2.28. The molecule has 0 saturated heterocycles. The number of carbonyl (C=O) groups excluding carboxylic acids is 1. The molecule has 1 N–H and O–H groups in total. The molecule has 0 spiro atoms. The lowest BCUT2D eigenvalue weighted by molar-refractivity contribution is 0.0337. The Morgan fingerprint density at radius 3 is 2.58 bits per heavy atom. The van der Waals surface area contributed by atoms with Crippen molar-refractivity contribution in [2.24, 2.45) is 0 Å². The maximum atomic E-state index is 12.8. The van der Waals surface area contributed by atoms with Crippen LogP contribution in [0.4, 0.5) is 5.69 Å². The summed E-state index contributed by atoms with van der Waals surface area (Å²) in [5.74, 6) is -0.882. The zero-order valence-electron chi connectivity index (χ0n) is 16.6. The molecule has 33 heavy (non-hydrogen) atoms. The van der Waals surface area contributed by atoms with Gasteiger partial charge in [-0.05, 0) is 42.5 Å². The van der Waals surface area contributed by atoms with Crippen molar-refractivity contribution in [3.8, 4) is 0 Å². The zero-order valence-corrected chi connectivity index (χ0v) is 18.9. The molecule has 0 aliphatic rings. The fraction of sp³-hybridized carbons (Fsp3) is 0.0476. The van der Waals surface area contributed by atoms with E-state index in [9.17, 15) is 18.0 Å². The standard InChI is InChI=1S/C21H14Cl2N4O5S/c22-13-9-10-16(23)19(11-13)33(30,31)25-18-8-4-2-6-15(18)21(29)32-12-27-20(28)14-5-1-3-7-17(14)24-26-27/h1-11,25H,12H2. The number of aromatic nitrogens is 3. The molecule has 0 saturated carbocycles. The molecule has 1 aromatic heterocycles. The zero-order chi connectivity index (χ0) is 23.6. The number of carbonyl (C=O) groups is 1. The van der Waals surface area contributed by atoms with Gasteiger partial charge in [-0.15, -0.1) is 5.10 Å². The highest BCUT2D eigenvalue weighted by Gasteiger charge is 2.22. The van der Waals surface area contributed by atoms with E-state index in [0.717, 1.165) is 4.68 Å². The van der Waals surface area contributed by atoms with Crippen molar-refractivity contribution in [2.75, 3.05) is 4.72 Å². The van der Waals surface area contributed by atoms with E-state index in [-0.39, 0.29) is 26.2 Å². The summed E-state index contributed by atoms with van der Waals surface area (Å²) < 4.78 is 34.0. The predicted octanol–water partition coefficient (Wildman–Crippen LogP) is 3.71. The van der Waals surface area contributed by atoms with Gasteiger partial charge in [0.05, 0.1) is 21.7 Å². The van der Waals surface area contributed by atoms with E-state index in [1.165, 1.54) is 42.5 Å². The molecule has 4 aromatic rings.